The summed E-state index contributed by atoms with van der Waals surface area (Å²) in [6.45, 7) is 12.7. The third-order valence-electron chi connectivity index (χ3n) is 4.16. The molecule has 1 aromatic rings. The fourth-order valence-corrected chi connectivity index (χ4v) is 2.66. The molecule has 1 saturated heterocycles. The van der Waals surface area contributed by atoms with Gasteiger partial charge in [0.15, 0.2) is 0 Å². The van der Waals surface area contributed by atoms with Gasteiger partial charge in [0.05, 0.1) is 0 Å². The van der Waals surface area contributed by atoms with E-state index in [0.717, 1.165) is 51.3 Å². The van der Waals surface area contributed by atoms with Crippen LogP contribution in [-0.2, 0) is 5.41 Å². The Labute approximate surface area is 146 Å². The topological polar surface area (TPSA) is 44.4 Å². The highest BCUT2D eigenvalue weighted by atomic mass is 35.5. The first kappa shape index (κ1) is 19.9. The van der Waals surface area contributed by atoms with Gasteiger partial charge in [-0.15, -0.1) is 12.4 Å². The molecular formula is C18H30ClN3O. The lowest BCUT2D eigenvalue weighted by atomic mass is 9.87. The van der Waals surface area contributed by atoms with E-state index in [4.69, 9.17) is 0 Å². The van der Waals surface area contributed by atoms with Crippen molar-refractivity contribution in [2.45, 2.75) is 32.6 Å². The maximum atomic E-state index is 12.1. The molecule has 5 heteroatoms. The number of halogens is 1. The maximum absolute atomic E-state index is 12.1. The van der Waals surface area contributed by atoms with Crippen LogP contribution in [0.5, 0.6) is 0 Å². The molecule has 1 amide bonds. The molecular weight excluding hydrogens is 310 g/mol. The zero-order valence-electron chi connectivity index (χ0n) is 14.5. The van der Waals surface area contributed by atoms with Gasteiger partial charge in [0.2, 0.25) is 0 Å². The number of amides is 1. The number of nitrogens with one attached hydrogen (secondary N) is 2. The summed E-state index contributed by atoms with van der Waals surface area (Å²) in [6, 6.07) is 7.95. The van der Waals surface area contributed by atoms with Crippen molar-refractivity contribution in [1.82, 2.24) is 15.5 Å². The molecule has 0 unspecified atom stereocenters. The number of piperazine rings is 1. The lowest BCUT2D eigenvalue weighted by Gasteiger charge is -2.27. The van der Waals surface area contributed by atoms with E-state index in [9.17, 15) is 4.79 Å². The number of carbonyl (C=O) groups excluding carboxylic acids is 1. The van der Waals surface area contributed by atoms with Crippen LogP contribution in [0.15, 0.2) is 24.3 Å². The Hall–Kier alpha value is -1.10. The van der Waals surface area contributed by atoms with Crippen LogP contribution in [0.25, 0.3) is 0 Å². The summed E-state index contributed by atoms with van der Waals surface area (Å²) in [5.41, 5.74) is 2.12. The van der Waals surface area contributed by atoms with E-state index < -0.39 is 0 Å². The van der Waals surface area contributed by atoms with Gasteiger partial charge < -0.3 is 15.5 Å². The van der Waals surface area contributed by atoms with Gasteiger partial charge in [-0.05, 0) is 36.1 Å². The second-order valence-corrected chi connectivity index (χ2v) is 7.03. The van der Waals surface area contributed by atoms with Crippen LogP contribution in [0, 0.1) is 0 Å². The van der Waals surface area contributed by atoms with Crippen molar-refractivity contribution in [2.24, 2.45) is 0 Å². The van der Waals surface area contributed by atoms with Gasteiger partial charge in [0, 0.05) is 38.3 Å². The predicted molar refractivity (Wildman–Crippen MR) is 98.6 cm³/mol. The van der Waals surface area contributed by atoms with E-state index in [0.29, 0.717) is 0 Å². The number of hydrogen-bond acceptors (Lipinski definition) is 3. The largest absolute Gasteiger partial charge is 0.352 e. The zero-order valence-corrected chi connectivity index (χ0v) is 15.3. The van der Waals surface area contributed by atoms with Crippen LogP contribution >= 0.6 is 12.4 Å². The molecule has 2 N–H and O–H groups in total. The Balaban J connectivity index is 0.00000264. The SMILES string of the molecule is CC(C)(C)c1ccc(C(=O)NCCCN2CCNCC2)cc1.Cl. The zero-order chi connectivity index (χ0) is 16.0. The third-order valence-corrected chi connectivity index (χ3v) is 4.16. The first-order valence-electron chi connectivity index (χ1n) is 8.28. The number of carbonyl (C=O) groups is 1. The quantitative estimate of drug-likeness (QED) is 0.810. The van der Waals surface area contributed by atoms with Crippen molar-refractivity contribution in [2.75, 3.05) is 39.3 Å². The van der Waals surface area contributed by atoms with Crippen LogP contribution < -0.4 is 10.6 Å². The van der Waals surface area contributed by atoms with Gasteiger partial charge in [-0.1, -0.05) is 32.9 Å². The van der Waals surface area contributed by atoms with Crippen LogP contribution in [0.4, 0.5) is 0 Å². The lowest BCUT2D eigenvalue weighted by Crippen LogP contribution is -2.44. The number of hydrogen-bond donors (Lipinski definition) is 2. The second kappa shape index (κ2) is 9.26. The fraction of sp³-hybridized carbons (Fsp3) is 0.611. The highest BCUT2D eigenvalue weighted by molar-refractivity contribution is 5.94. The minimum atomic E-state index is 0. The monoisotopic (exact) mass is 339 g/mol. The van der Waals surface area contributed by atoms with Crippen molar-refractivity contribution in [1.29, 1.82) is 0 Å². The Morgan fingerprint density at radius 1 is 1.17 bits per heavy atom. The summed E-state index contributed by atoms with van der Waals surface area (Å²) < 4.78 is 0. The maximum Gasteiger partial charge on any atom is 0.251 e. The van der Waals surface area contributed by atoms with Crippen LogP contribution in [0.2, 0.25) is 0 Å². The Morgan fingerprint density at radius 2 is 1.78 bits per heavy atom. The molecule has 0 aromatic heterocycles. The average Bonchev–Trinajstić information content (AvgIpc) is 2.52. The lowest BCUT2D eigenvalue weighted by molar-refractivity contribution is 0.0951. The second-order valence-electron chi connectivity index (χ2n) is 7.03. The molecule has 0 aliphatic carbocycles. The molecule has 0 atom stereocenters. The summed E-state index contributed by atoms with van der Waals surface area (Å²) >= 11 is 0. The molecule has 0 spiro atoms. The summed E-state index contributed by atoms with van der Waals surface area (Å²) in [6.07, 6.45) is 1.01. The van der Waals surface area contributed by atoms with Crippen LogP contribution in [0.1, 0.15) is 43.1 Å². The predicted octanol–water partition coefficient (Wildman–Crippen LogP) is 2.43. The van der Waals surface area contributed by atoms with E-state index in [1.54, 1.807) is 0 Å². The number of rotatable bonds is 5. The number of nitrogens with zero attached hydrogens (tertiary/aromatic N) is 1. The number of benzene rings is 1. The minimum Gasteiger partial charge on any atom is -0.352 e. The van der Waals surface area contributed by atoms with E-state index >= 15 is 0 Å². The van der Waals surface area contributed by atoms with E-state index in [1.165, 1.54) is 5.56 Å². The highest BCUT2D eigenvalue weighted by Crippen LogP contribution is 2.22. The van der Waals surface area contributed by atoms with Crippen molar-refractivity contribution in [3.8, 4) is 0 Å². The summed E-state index contributed by atoms with van der Waals surface area (Å²) in [5.74, 6) is 0.0285. The Kier molecular flexibility index (Phi) is 8.03. The van der Waals surface area contributed by atoms with Gasteiger partial charge in [0.1, 0.15) is 0 Å². The molecule has 1 aliphatic heterocycles. The first-order valence-corrected chi connectivity index (χ1v) is 8.28. The summed E-state index contributed by atoms with van der Waals surface area (Å²) in [4.78, 5) is 14.6. The molecule has 0 saturated carbocycles. The van der Waals surface area contributed by atoms with E-state index in [2.05, 4.69) is 48.4 Å². The molecule has 0 bridgehead atoms. The standard InChI is InChI=1S/C18H29N3O.ClH/c1-18(2,3)16-7-5-15(6-8-16)17(22)20-9-4-12-21-13-10-19-11-14-21;/h5-8,19H,4,9-14H2,1-3H3,(H,20,22);1H. The van der Waals surface area contributed by atoms with Crippen molar-refractivity contribution in [3.05, 3.63) is 35.4 Å². The molecule has 4 nitrogen and oxygen atoms in total. The molecule has 1 fully saturated rings. The van der Waals surface area contributed by atoms with Crippen LogP contribution in [-0.4, -0.2) is 50.1 Å². The van der Waals surface area contributed by atoms with E-state index in [1.807, 2.05) is 12.1 Å². The molecule has 130 valence electrons. The van der Waals surface area contributed by atoms with Gasteiger partial charge in [-0.3, -0.25) is 4.79 Å². The molecule has 2 rings (SSSR count). The normalized spacial score (nSPS) is 15.8. The van der Waals surface area contributed by atoms with Gasteiger partial charge in [-0.2, -0.15) is 0 Å². The molecule has 1 aliphatic rings. The van der Waals surface area contributed by atoms with Crippen LogP contribution in [0.3, 0.4) is 0 Å². The van der Waals surface area contributed by atoms with Crippen molar-refractivity contribution < 1.29 is 4.79 Å². The minimum absolute atomic E-state index is 0. The Morgan fingerprint density at radius 3 is 2.35 bits per heavy atom. The first-order chi connectivity index (χ1) is 10.5. The molecule has 23 heavy (non-hydrogen) atoms. The van der Waals surface area contributed by atoms with Gasteiger partial charge >= 0.3 is 0 Å². The van der Waals surface area contributed by atoms with Crippen molar-refractivity contribution in [3.63, 3.8) is 0 Å². The van der Waals surface area contributed by atoms with Gasteiger partial charge in [0.25, 0.3) is 5.91 Å². The van der Waals surface area contributed by atoms with Gasteiger partial charge in [-0.25, -0.2) is 0 Å². The summed E-state index contributed by atoms with van der Waals surface area (Å²) in [5, 5.41) is 6.36. The molecule has 1 heterocycles. The van der Waals surface area contributed by atoms with E-state index in [-0.39, 0.29) is 23.7 Å². The third kappa shape index (κ3) is 6.50. The smallest absolute Gasteiger partial charge is 0.251 e. The van der Waals surface area contributed by atoms with Crippen molar-refractivity contribution >= 4 is 18.3 Å². The molecule has 0 radical (unpaired) electrons. The highest BCUT2D eigenvalue weighted by Gasteiger charge is 2.14. The summed E-state index contributed by atoms with van der Waals surface area (Å²) in [7, 11) is 0. The fourth-order valence-electron chi connectivity index (χ4n) is 2.66. The Bertz CT molecular complexity index is 476. The average molecular weight is 340 g/mol. The molecule has 1 aromatic carbocycles.